The number of pyridine rings is 1. The Bertz CT molecular complexity index is 631. The van der Waals surface area contributed by atoms with Crippen molar-refractivity contribution in [2.75, 3.05) is 11.1 Å². The molecule has 3 N–H and O–H groups in total. The molecule has 18 heavy (non-hydrogen) atoms. The maximum Gasteiger partial charge on any atom is 0.148 e. The van der Waals surface area contributed by atoms with Gasteiger partial charge in [0.15, 0.2) is 0 Å². The summed E-state index contributed by atoms with van der Waals surface area (Å²) in [7, 11) is 0. The van der Waals surface area contributed by atoms with Gasteiger partial charge in [0.2, 0.25) is 0 Å². The van der Waals surface area contributed by atoms with Gasteiger partial charge in [-0.1, -0.05) is 6.07 Å². The van der Waals surface area contributed by atoms with Crippen molar-refractivity contribution in [2.24, 2.45) is 0 Å². The van der Waals surface area contributed by atoms with Crippen LogP contribution in [-0.2, 0) is 0 Å². The third kappa shape index (κ3) is 2.60. The van der Waals surface area contributed by atoms with Crippen molar-refractivity contribution in [1.82, 2.24) is 4.98 Å². The van der Waals surface area contributed by atoms with Gasteiger partial charge in [0.05, 0.1) is 23.1 Å². The number of benzene rings is 1. The quantitative estimate of drug-likeness (QED) is 0.892. The minimum absolute atomic E-state index is 0.419. The number of nitrogens with two attached hydrogens (primary N) is 1. The number of anilines is 3. The van der Waals surface area contributed by atoms with Crippen molar-refractivity contribution in [3.63, 3.8) is 0 Å². The first-order chi connectivity index (χ1) is 8.60. The van der Waals surface area contributed by atoms with E-state index in [-0.39, 0.29) is 0 Å². The molecule has 0 spiro atoms. The van der Waals surface area contributed by atoms with Crippen LogP contribution in [-0.4, -0.2) is 4.98 Å². The van der Waals surface area contributed by atoms with Gasteiger partial charge in [-0.15, -0.1) is 0 Å². The van der Waals surface area contributed by atoms with E-state index in [0.29, 0.717) is 17.1 Å². The molecule has 90 valence electrons. The van der Waals surface area contributed by atoms with E-state index in [9.17, 15) is 0 Å². The molecule has 0 amide bonds. The number of hydrogen-bond acceptors (Lipinski definition) is 4. The highest BCUT2D eigenvalue weighted by Gasteiger charge is 2.06. The minimum Gasteiger partial charge on any atom is -0.397 e. The molecule has 0 unspecified atom stereocenters. The number of nitrogens with one attached hydrogen (secondary N) is 1. The summed E-state index contributed by atoms with van der Waals surface area (Å²) in [6.45, 7) is 2.01. The first-order valence-corrected chi connectivity index (χ1v) is 6.08. The fourth-order valence-corrected chi connectivity index (χ4v) is 2.11. The molecule has 1 aromatic heterocycles. The Morgan fingerprint density at radius 1 is 1.39 bits per heavy atom. The van der Waals surface area contributed by atoms with Crippen molar-refractivity contribution in [3.8, 4) is 6.07 Å². The van der Waals surface area contributed by atoms with Crippen LogP contribution in [0.2, 0.25) is 0 Å². The van der Waals surface area contributed by atoms with Crippen LogP contribution >= 0.6 is 15.9 Å². The highest BCUT2D eigenvalue weighted by molar-refractivity contribution is 9.10. The molecular weight excluding hydrogens is 292 g/mol. The van der Waals surface area contributed by atoms with Crippen LogP contribution in [0.3, 0.4) is 0 Å². The molecule has 2 aromatic rings. The number of halogens is 1. The summed E-state index contributed by atoms with van der Waals surface area (Å²) < 4.78 is 0.921. The number of nitrogen functional groups attached to an aromatic ring is 1. The third-order valence-corrected chi connectivity index (χ3v) is 3.06. The van der Waals surface area contributed by atoms with Crippen LogP contribution in [0, 0.1) is 18.3 Å². The molecule has 0 aliphatic rings. The van der Waals surface area contributed by atoms with Gasteiger partial charge >= 0.3 is 0 Å². The van der Waals surface area contributed by atoms with Gasteiger partial charge in [0.1, 0.15) is 11.9 Å². The second kappa shape index (κ2) is 5.07. The van der Waals surface area contributed by atoms with Gasteiger partial charge in [-0.05, 0) is 46.6 Å². The molecule has 0 saturated carbocycles. The molecular formula is C13H11BrN4. The monoisotopic (exact) mass is 302 g/mol. The first kappa shape index (κ1) is 12.4. The van der Waals surface area contributed by atoms with Gasteiger partial charge in [0.25, 0.3) is 0 Å². The van der Waals surface area contributed by atoms with E-state index >= 15 is 0 Å². The molecule has 0 fully saturated rings. The van der Waals surface area contributed by atoms with Crippen LogP contribution in [0.4, 0.5) is 17.2 Å². The molecule has 5 heteroatoms. The van der Waals surface area contributed by atoms with Crippen molar-refractivity contribution in [3.05, 3.63) is 46.1 Å². The molecule has 0 radical (unpaired) electrons. The molecule has 0 saturated heterocycles. The summed E-state index contributed by atoms with van der Waals surface area (Å²) in [6.07, 6.45) is 1.52. The zero-order chi connectivity index (χ0) is 13.1. The highest BCUT2D eigenvalue weighted by atomic mass is 79.9. The Kier molecular flexibility index (Phi) is 3.49. The third-order valence-electron chi connectivity index (χ3n) is 2.41. The van der Waals surface area contributed by atoms with Gasteiger partial charge in [0, 0.05) is 4.47 Å². The Balaban J connectivity index is 2.37. The maximum atomic E-state index is 9.04. The van der Waals surface area contributed by atoms with E-state index in [1.54, 1.807) is 6.07 Å². The molecule has 1 heterocycles. The summed E-state index contributed by atoms with van der Waals surface area (Å²) in [5, 5.41) is 12.1. The second-order valence-electron chi connectivity index (χ2n) is 3.88. The zero-order valence-corrected chi connectivity index (χ0v) is 11.3. The lowest BCUT2D eigenvalue weighted by molar-refractivity contribution is 1.28. The van der Waals surface area contributed by atoms with E-state index in [2.05, 4.69) is 32.3 Å². The Hall–Kier alpha value is -2.06. The fourth-order valence-electron chi connectivity index (χ4n) is 1.51. The average molecular weight is 303 g/mol. The van der Waals surface area contributed by atoms with E-state index in [1.165, 1.54) is 6.20 Å². The average Bonchev–Trinajstić information content (AvgIpc) is 2.34. The van der Waals surface area contributed by atoms with Crippen molar-refractivity contribution in [1.29, 1.82) is 5.26 Å². The molecule has 0 bridgehead atoms. The van der Waals surface area contributed by atoms with Crippen molar-refractivity contribution >= 4 is 33.1 Å². The van der Waals surface area contributed by atoms with Gasteiger partial charge in [-0.25, -0.2) is 4.98 Å². The summed E-state index contributed by atoms with van der Waals surface area (Å²) >= 11 is 3.47. The van der Waals surface area contributed by atoms with Crippen LogP contribution < -0.4 is 11.1 Å². The summed E-state index contributed by atoms with van der Waals surface area (Å²) in [5.74, 6) is 0.497. The predicted octanol–water partition coefficient (Wildman–Crippen LogP) is 3.35. The zero-order valence-electron chi connectivity index (χ0n) is 9.74. The first-order valence-electron chi connectivity index (χ1n) is 5.29. The van der Waals surface area contributed by atoms with E-state index < -0.39 is 0 Å². The standard InChI is InChI=1S/C13H11BrN4/c1-8-2-3-12(11(14)4-8)18-13-9(6-15)5-10(16)7-17-13/h2-5,7H,16H2,1H3,(H,17,18). The number of nitriles is 1. The highest BCUT2D eigenvalue weighted by Crippen LogP contribution is 2.27. The lowest BCUT2D eigenvalue weighted by Crippen LogP contribution is -1.99. The number of rotatable bonds is 2. The van der Waals surface area contributed by atoms with Crippen LogP contribution in [0.1, 0.15) is 11.1 Å². The molecule has 4 nitrogen and oxygen atoms in total. The normalized spacial score (nSPS) is 9.83. The molecule has 0 atom stereocenters. The summed E-state index contributed by atoms with van der Waals surface area (Å²) in [4.78, 5) is 4.13. The van der Waals surface area contributed by atoms with Crippen LogP contribution in [0.5, 0.6) is 0 Å². The molecule has 2 rings (SSSR count). The number of hydrogen-bond donors (Lipinski definition) is 2. The Labute approximate surface area is 114 Å². The van der Waals surface area contributed by atoms with Gasteiger partial charge in [-0.3, -0.25) is 0 Å². The van der Waals surface area contributed by atoms with Crippen molar-refractivity contribution in [2.45, 2.75) is 6.92 Å². The topological polar surface area (TPSA) is 74.7 Å². The Morgan fingerprint density at radius 2 is 2.17 bits per heavy atom. The van der Waals surface area contributed by atoms with Crippen LogP contribution in [0.25, 0.3) is 0 Å². The smallest absolute Gasteiger partial charge is 0.148 e. The number of aromatic nitrogens is 1. The molecule has 0 aliphatic heterocycles. The Morgan fingerprint density at radius 3 is 2.83 bits per heavy atom. The lowest BCUT2D eigenvalue weighted by atomic mass is 10.2. The number of nitrogens with zero attached hydrogens (tertiary/aromatic N) is 2. The largest absolute Gasteiger partial charge is 0.397 e. The molecule has 0 aliphatic carbocycles. The van der Waals surface area contributed by atoms with E-state index in [0.717, 1.165) is 15.7 Å². The predicted molar refractivity (Wildman–Crippen MR) is 75.5 cm³/mol. The SMILES string of the molecule is Cc1ccc(Nc2ncc(N)cc2C#N)c(Br)c1. The lowest BCUT2D eigenvalue weighted by Gasteiger charge is -2.10. The van der Waals surface area contributed by atoms with Crippen LogP contribution in [0.15, 0.2) is 34.9 Å². The molecule has 1 aromatic carbocycles. The minimum atomic E-state index is 0.419. The van der Waals surface area contributed by atoms with Gasteiger partial charge < -0.3 is 11.1 Å². The van der Waals surface area contributed by atoms with Crippen molar-refractivity contribution < 1.29 is 0 Å². The second-order valence-corrected chi connectivity index (χ2v) is 4.74. The van der Waals surface area contributed by atoms with E-state index in [1.807, 2.05) is 25.1 Å². The maximum absolute atomic E-state index is 9.04. The number of aryl methyl sites for hydroxylation is 1. The van der Waals surface area contributed by atoms with Gasteiger partial charge in [-0.2, -0.15) is 5.26 Å². The summed E-state index contributed by atoms with van der Waals surface area (Å²) in [6, 6.07) is 9.57. The fraction of sp³-hybridized carbons (Fsp3) is 0.0769. The summed E-state index contributed by atoms with van der Waals surface area (Å²) in [5.41, 5.74) is 8.49. The van der Waals surface area contributed by atoms with E-state index in [4.69, 9.17) is 11.0 Å².